The molecular formula is C24H31Cl2N3O6S. The van der Waals surface area contributed by atoms with E-state index in [2.05, 4.69) is 5.32 Å². The predicted octanol–water partition coefficient (Wildman–Crippen LogP) is 3.72. The molecule has 2 rings (SSSR count). The number of anilines is 1. The lowest BCUT2D eigenvalue weighted by Gasteiger charge is -2.31. The summed E-state index contributed by atoms with van der Waals surface area (Å²) in [6.45, 7) is 3.42. The zero-order valence-electron chi connectivity index (χ0n) is 20.9. The number of halogens is 2. The van der Waals surface area contributed by atoms with Gasteiger partial charge in [0.05, 0.1) is 36.2 Å². The summed E-state index contributed by atoms with van der Waals surface area (Å²) in [6.07, 6.45) is 1.72. The van der Waals surface area contributed by atoms with Crippen LogP contribution in [0.5, 0.6) is 11.5 Å². The molecule has 0 aromatic heterocycles. The number of benzene rings is 2. The van der Waals surface area contributed by atoms with Gasteiger partial charge >= 0.3 is 0 Å². The van der Waals surface area contributed by atoms with Crippen molar-refractivity contribution >= 4 is 50.7 Å². The third-order valence-corrected chi connectivity index (χ3v) is 7.27. The Morgan fingerprint density at radius 3 is 2.25 bits per heavy atom. The van der Waals surface area contributed by atoms with E-state index in [0.29, 0.717) is 33.7 Å². The van der Waals surface area contributed by atoms with Crippen LogP contribution in [0.4, 0.5) is 5.69 Å². The fourth-order valence-corrected chi connectivity index (χ4v) is 4.57. The zero-order valence-corrected chi connectivity index (χ0v) is 23.2. The van der Waals surface area contributed by atoms with E-state index in [1.807, 2.05) is 6.92 Å². The van der Waals surface area contributed by atoms with Gasteiger partial charge in [-0.05, 0) is 43.2 Å². The van der Waals surface area contributed by atoms with Gasteiger partial charge in [0.15, 0.2) is 11.5 Å². The first-order valence-corrected chi connectivity index (χ1v) is 13.7. The Labute approximate surface area is 222 Å². The number of rotatable bonds is 12. The van der Waals surface area contributed by atoms with Crippen molar-refractivity contribution in [2.24, 2.45) is 0 Å². The highest BCUT2D eigenvalue weighted by atomic mass is 35.5. The van der Waals surface area contributed by atoms with E-state index in [1.54, 1.807) is 31.2 Å². The second-order valence-electron chi connectivity index (χ2n) is 8.05. The second-order valence-corrected chi connectivity index (χ2v) is 10.8. The molecule has 0 aliphatic rings. The normalized spacial score (nSPS) is 12.0. The van der Waals surface area contributed by atoms with Gasteiger partial charge in [-0.15, -0.1) is 0 Å². The molecular weight excluding hydrogens is 529 g/mol. The maximum Gasteiger partial charge on any atom is 0.244 e. The molecule has 9 nitrogen and oxygen atoms in total. The van der Waals surface area contributed by atoms with Crippen LogP contribution in [0.15, 0.2) is 36.4 Å². The van der Waals surface area contributed by atoms with E-state index < -0.39 is 28.5 Å². The maximum atomic E-state index is 13.6. The van der Waals surface area contributed by atoms with Crippen LogP contribution in [-0.2, 0) is 26.2 Å². The Balaban J connectivity index is 2.44. The van der Waals surface area contributed by atoms with Crippen molar-refractivity contribution in [1.82, 2.24) is 10.2 Å². The fourth-order valence-electron chi connectivity index (χ4n) is 3.41. The smallest absolute Gasteiger partial charge is 0.244 e. The molecule has 198 valence electrons. The van der Waals surface area contributed by atoms with Gasteiger partial charge in [-0.3, -0.25) is 13.9 Å². The van der Waals surface area contributed by atoms with Crippen LogP contribution < -0.4 is 19.1 Å². The molecule has 0 spiro atoms. The number of carbonyl (C=O) groups is 2. The Bertz CT molecular complexity index is 1190. The summed E-state index contributed by atoms with van der Waals surface area (Å²) in [4.78, 5) is 27.6. The molecule has 1 atom stereocenters. The standard InChI is InChI=1S/C24H31Cl2N3O6S/c1-6-11-27-24(31)16(2)28(14-17-7-9-19(25)20(26)12-17)23(30)15-29(36(5,32)33)18-8-10-21(34-3)22(13-18)35-4/h7-10,12-13,16H,6,11,14-15H2,1-5H3,(H,27,31). The van der Waals surface area contributed by atoms with Crippen molar-refractivity contribution in [3.8, 4) is 11.5 Å². The van der Waals surface area contributed by atoms with Crippen molar-refractivity contribution in [1.29, 1.82) is 0 Å². The van der Waals surface area contributed by atoms with Gasteiger partial charge in [-0.2, -0.15) is 0 Å². The highest BCUT2D eigenvalue weighted by Gasteiger charge is 2.30. The molecule has 36 heavy (non-hydrogen) atoms. The third kappa shape index (κ3) is 7.65. The molecule has 1 unspecified atom stereocenters. The summed E-state index contributed by atoms with van der Waals surface area (Å²) in [6, 6.07) is 8.52. The van der Waals surface area contributed by atoms with Crippen LogP contribution in [0, 0.1) is 0 Å². The van der Waals surface area contributed by atoms with E-state index in [-0.39, 0.29) is 18.1 Å². The third-order valence-electron chi connectivity index (χ3n) is 5.39. The monoisotopic (exact) mass is 559 g/mol. The number of sulfonamides is 1. The summed E-state index contributed by atoms with van der Waals surface area (Å²) in [5, 5.41) is 3.42. The molecule has 2 amide bonds. The van der Waals surface area contributed by atoms with Crippen molar-refractivity contribution in [3.63, 3.8) is 0 Å². The van der Waals surface area contributed by atoms with Gasteiger partial charge in [0, 0.05) is 19.2 Å². The van der Waals surface area contributed by atoms with Gasteiger partial charge in [0.1, 0.15) is 12.6 Å². The molecule has 0 aliphatic heterocycles. The van der Waals surface area contributed by atoms with E-state index in [0.717, 1.165) is 17.0 Å². The van der Waals surface area contributed by atoms with E-state index >= 15 is 0 Å². The van der Waals surface area contributed by atoms with Crippen LogP contribution >= 0.6 is 23.2 Å². The van der Waals surface area contributed by atoms with Gasteiger partial charge in [0.2, 0.25) is 21.8 Å². The molecule has 0 saturated heterocycles. The quantitative estimate of drug-likeness (QED) is 0.425. The molecule has 12 heteroatoms. The zero-order chi connectivity index (χ0) is 27.0. The first-order chi connectivity index (χ1) is 16.9. The van der Waals surface area contributed by atoms with Crippen LogP contribution in [0.1, 0.15) is 25.8 Å². The van der Waals surface area contributed by atoms with E-state index in [1.165, 1.54) is 31.3 Å². The van der Waals surface area contributed by atoms with Gasteiger partial charge in [-0.25, -0.2) is 8.42 Å². The molecule has 0 aliphatic carbocycles. The average molecular weight is 561 g/mol. The minimum absolute atomic E-state index is 0.0139. The van der Waals surface area contributed by atoms with Crippen LogP contribution in [-0.4, -0.2) is 64.7 Å². The highest BCUT2D eigenvalue weighted by molar-refractivity contribution is 7.92. The molecule has 0 heterocycles. The van der Waals surface area contributed by atoms with Gasteiger partial charge in [-0.1, -0.05) is 36.2 Å². The Morgan fingerprint density at radius 2 is 1.69 bits per heavy atom. The second kappa shape index (κ2) is 13.0. The first-order valence-electron chi connectivity index (χ1n) is 11.1. The topological polar surface area (TPSA) is 105 Å². The summed E-state index contributed by atoms with van der Waals surface area (Å²) in [7, 11) is -1.00. The molecule has 0 bridgehead atoms. The lowest BCUT2D eigenvalue weighted by molar-refractivity contribution is -0.139. The summed E-state index contributed by atoms with van der Waals surface area (Å²) < 4.78 is 36.9. The van der Waals surface area contributed by atoms with Crippen molar-refractivity contribution in [3.05, 3.63) is 52.0 Å². The predicted molar refractivity (Wildman–Crippen MR) is 142 cm³/mol. The number of hydrogen-bond acceptors (Lipinski definition) is 6. The minimum atomic E-state index is -3.89. The molecule has 0 radical (unpaired) electrons. The molecule has 1 N–H and O–H groups in total. The number of nitrogens with zero attached hydrogens (tertiary/aromatic N) is 2. The lowest BCUT2D eigenvalue weighted by atomic mass is 10.1. The lowest BCUT2D eigenvalue weighted by Crippen LogP contribution is -2.51. The van der Waals surface area contributed by atoms with E-state index in [9.17, 15) is 18.0 Å². The number of carbonyl (C=O) groups excluding carboxylic acids is 2. The maximum absolute atomic E-state index is 13.6. The van der Waals surface area contributed by atoms with Crippen molar-refractivity contribution in [2.45, 2.75) is 32.9 Å². The number of methoxy groups -OCH3 is 2. The van der Waals surface area contributed by atoms with Gasteiger partial charge in [0.25, 0.3) is 0 Å². The summed E-state index contributed by atoms with van der Waals surface area (Å²) >= 11 is 12.2. The highest BCUT2D eigenvalue weighted by Crippen LogP contribution is 2.32. The van der Waals surface area contributed by atoms with E-state index in [4.69, 9.17) is 32.7 Å². The van der Waals surface area contributed by atoms with Crippen molar-refractivity contribution < 1.29 is 27.5 Å². The molecule has 0 fully saturated rings. The number of amides is 2. The number of nitrogens with one attached hydrogen (secondary N) is 1. The molecule has 2 aromatic carbocycles. The number of hydrogen-bond donors (Lipinski definition) is 1. The molecule has 2 aromatic rings. The minimum Gasteiger partial charge on any atom is -0.493 e. The summed E-state index contributed by atoms with van der Waals surface area (Å²) in [5.74, 6) is -0.234. The van der Waals surface area contributed by atoms with Crippen molar-refractivity contribution in [2.75, 3.05) is 37.9 Å². The SMILES string of the molecule is CCCNC(=O)C(C)N(Cc1ccc(Cl)c(Cl)c1)C(=O)CN(c1ccc(OC)c(OC)c1)S(C)(=O)=O. The Kier molecular flexibility index (Phi) is 10.7. The number of ether oxygens (including phenoxy) is 2. The average Bonchev–Trinajstić information content (AvgIpc) is 2.84. The molecule has 0 saturated carbocycles. The van der Waals surface area contributed by atoms with Crippen LogP contribution in [0.3, 0.4) is 0 Å². The fraction of sp³-hybridized carbons (Fsp3) is 0.417. The largest absolute Gasteiger partial charge is 0.493 e. The van der Waals surface area contributed by atoms with Crippen LogP contribution in [0.25, 0.3) is 0 Å². The van der Waals surface area contributed by atoms with Crippen LogP contribution in [0.2, 0.25) is 10.0 Å². The van der Waals surface area contributed by atoms with Gasteiger partial charge < -0.3 is 19.7 Å². The Hall–Kier alpha value is -2.69. The summed E-state index contributed by atoms with van der Waals surface area (Å²) in [5.41, 5.74) is 0.839. The first kappa shape index (κ1) is 29.5. The Morgan fingerprint density at radius 1 is 1.03 bits per heavy atom.